The normalized spacial score (nSPS) is 13.1. The second kappa shape index (κ2) is 6.87. The Labute approximate surface area is 131 Å². The number of alkyl halides is 3. The summed E-state index contributed by atoms with van der Waals surface area (Å²) in [5.41, 5.74) is -0.606. The molecule has 1 heterocycles. The second-order valence-corrected chi connectivity index (χ2v) is 5.28. The number of furan rings is 1. The molecular weight excluding hydrogens is 309 g/mol. The van der Waals surface area contributed by atoms with E-state index in [1.807, 2.05) is 19.0 Å². The predicted molar refractivity (Wildman–Crippen MR) is 78.9 cm³/mol. The van der Waals surface area contributed by atoms with Gasteiger partial charge in [-0.05, 0) is 50.5 Å². The van der Waals surface area contributed by atoms with Crippen LogP contribution in [0.3, 0.4) is 0 Å². The molecule has 2 rings (SSSR count). The van der Waals surface area contributed by atoms with Gasteiger partial charge in [0.1, 0.15) is 5.76 Å². The number of nitrogens with one attached hydrogen (secondary N) is 1. The molecule has 4 nitrogen and oxygen atoms in total. The quantitative estimate of drug-likeness (QED) is 0.917. The average molecular weight is 326 g/mol. The number of hydrogen-bond acceptors (Lipinski definition) is 3. The van der Waals surface area contributed by atoms with Gasteiger partial charge in [0.25, 0.3) is 5.91 Å². The molecule has 0 aliphatic carbocycles. The van der Waals surface area contributed by atoms with Crippen LogP contribution in [-0.2, 0) is 6.18 Å². The fourth-order valence-corrected chi connectivity index (χ4v) is 2.12. The lowest BCUT2D eigenvalue weighted by Gasteiger charge is -2.22. The van der Waals surface area contributed by atoms with E-state index in [2.05, 4.69) is 5.32 Å². The molecule has 0 saturated heterocycles. The summed E-state index contributed by atoms with van der Waals surface area (Å²) in [4.78, 5) is 13.9. The Hall–Kier alpha value is -2.28. The van der Waals surface area contributed by atoms with E-state index in [0.717, 1.165) is 24.3 Å². The minimum absolute atomic E-state index is 0.164. The molecule has 0 saturated carbocycles. The number of halogens is 3. The van der Waals surface area contributed by atoms with Gasteiger partial charge >= 0.3 is 6.18 Å². The van der Waals surface area contributed by atoms with Gasteiger partial charge < -0.3 is 9.73 Å². The number of hydrogen-bond donors (Lipinski definition) is 1. The lowest BCUT2D eigenvalue weighted by atomic mass is 10.1. The van der Waals surface area contributed by atoms with Crippen molar-refractivity contribution in [2.45, 2.75) is 12.2 Å². The van der Waals surface area contributed by atoms with Gasteiger partial charge in [0.2, 0.25) is 0 Å². The maximum absolute atomic E-state index is 12.5. The first-order chi connectivity index (χ1) is 10.8. The third-order valence-corrected chi connectivity index (χ3v) is 3.43. The van der Waals surface area contributed by atoms with Crippen LogP contribution in [0.2, 0.25) is 0 Å². The Kier molecular flexibility index (Phi) is 5.10. The fraction of sp³-hybridized carbons (Fsp3) is 0.312. The molecule has 2 aromatic rings. The van der Waals surface area contributed by atoms with Crippen LogP contribution in [0, 0.1) is 0 Å². The van der Waals surface area contributed by atoms with Crippen molar-refractivity contribution in [2.75, 3.05) is 20.6 Å². The molecule has 0 aliphatic rings. The SMILES string of the molecule is CN(C)[C@H](CNC(=O)c1ccc(C(F)(F)F)cc1)c1ccco1. The molecule has 1 amide bonds. The van der Waals surface area contributed by atoms with Crippen LogP contribution >= 0.6 is 0 Å². The lowest BCUT2D eigenvalue weighted by Crippen LogP contribution is -2.34. The van der Waals surface area contributed by atoms with E-state index in [1.54, 1.807) is 18.4 Å². The largest absolute Gasteiger partial charge is 0.468 e. The maximum Gasteiger partial charge on any atom is 0.416 e. The number of rotatable bonds is 5. The van der Waals surface area contributed by atoms with Crippen molar-refractivity contribution < 1.29 is 22.4 Å². The zero-order valence-corrected chi connectivity index (χ0v) is 12.7. The Bertz CT molecular complexity index is 634. The van der Waals surface area contributed by atoms with Crippen molar-refractivity contribution in [3.8, 4) is 0 Å². The molecule has 7 heteroatoms. The van der Waals surface area contributed by atoms with Crippen LogP contribution in [0.1, 0.15) is 27.7 Å². The Balaban J connectivity index is 2.01. The molecule has 1 atom stereocenters. The maximum atomic E-state index is 12.5. The third kappa shape index (κ3) is 4.35. The van der Waals surface area contributed by atoms with Crippen LogP contribution in [0.5, 0.6) is 0 Å². The molecular formula is C16H17F3N2O2. The topological polar surface area (TPSA) is 45.5 Å². The summed E-state index contributed by atoms with van der Waals surface area (Å²) in [6, 6.07) is 7.50. The summed E-state index contributed by atoms with van der Waals surface area (Å²) in [5.74, 6) is 0.264. The second-order valence-electron chi connectivity index (χ2n) is 5.28. The van der Waals surface area contributed by atoms with Gasteiger partial charge in [-0.2, -0.15) is 13.2 Å². The molecule has 1 aromatic carbocycles. The highest BCUT2D eigenvalue weighted by Crippen LogP contribution is 2.29. The van der Waals surface area contributed by atoms with Crippen LogP contribution in [0.15, 0.2) is 47.1 Å². The Morgan fingerprint density at radius 2 is 1.87 bits per heavy atom. The Morgan fingerprint density at radius 1 is 1.22 bits per heavy atom. The monoisotopic (exact) mass is 326 g/mol. The predicted octanol–water partition coefficient (Wildman–Crippen LogP) is 3.33. The standard InChI is InChI=1S/C16H17F3N2O2/c1-21(2)13(14-4-3-9-23-14)10-20-15(22)11-5-7-12(8-6-11)16(17,18)19/h3-9,13H,10H2,1-2H3,(H,20,22)/t13-/m1/s1. The molecule has 0 bridgehead atoms. The van der Waals surface area contributed by atoms with Gasteiger partial charge in [-0.3, -0.25) is 9.69 Å². The highest BCUT2D eigenvalue weighted by molar-refractivity contribution is 5.94. The summed E-state index contributed by atoms with van der Waals surface area (Å²) in [5, 5.41) is 2.71. The first kappa shape index (κ1) is 17.1. The number of carbonyl (C=O) groups is 1. The van der Waals surface area contributed by atoms with Crippen molar-refractivity contribution in [3.63, 3.8) is 0 Å². The van der Waals surface area contributed by atoms with Gasteiger partial charge in [0, 0.05) is 12.1 Å². The molecule has 0 unspecified atom stereocenters. The third-order valence-electron chi connectivity index (χ3n) is 3.43. The lowest BCUT2D eigenvalue weighted by molar-refractivity contribution is -0.137. The summed E-state index contributed by atoms with van der Waals surface area (Å²) >= 11 is 0. The van der Waals surface area contributed by atoms with Gasteiger partial charge in [-0.1, -0.05) is 0 Å². The molecule has 23 heavy (non-hydrogen) atoms. The fourth-order valence-electron chi connectivity index (χ4n) is 2.12. The van der Waals surface area contributed by atoms with Crippen molar-refractivity contribution in [1.82, 2.24) is 10.2 Å². The smallest absolute Gasteiger partial charge is 0.416 e. The highest BCUT2D eigenvalue weighted by atomic mass is 19.4. The Morgan fingerprint density at radius 3 is 2.35 bits per heavy atom. The van der Waals surface area contributed by atoms with Crippen molar-refractivity contribution >= 4 is 5.91 Å². The van der Waals surface area contributed by atoms with Gasteiger partial charge in [0.15, 0.2) is 0 Å². The number of amides is 1. The van der Waals surface area contributed by atoms with Crippen LogP contribution in [-0.4, -0.2) is 31.4 Å². The molecule has 0 fully saturated rings. The molecule has 0 spiro atoms. The molecule has 1 aromatic heterocycles. The first-order valence-corrected chi connectivity index (χ1v) is 6.94. The molecule has 0 aliphatic heterocycles. The van der Waals surface area contributed by atoms with Crippen molar-refractivity contribution in [2.24, 2.45) is 0 Å². The minimum atomic E-state index is -4.41. The number of likely N-dealkylation sites (N-methyl/N-ethyl adjacent to an activating group) is 1. The van der Waals surface area contributed by atoms with E-state index in [-0.39, 0.29) is 18.2 Å². The number of carbonyl (C=O) groups excluding carboxylic acids is 1. The van der Waals surface area contributed by atoms with Gasteiger partial charge in [-0.15, -0.1) is 0 Å². The molecule has 0 radical (unpaired) electrons. The summed E-state index contributed by atoms with van der Waals surface area (Å²) in [6.45, 7) is 0.278. The van der Waals surface area contributed by atoms with E-state index < -0.39 is 17.6 Å². The average Bonchev–Trinajstić information content (AvgIpc) is 3.00. The minimum Gasteiger partial charge on any atom is -0.468 e. The van der Waals surface area contributed by atoms with Gasteiger partial charge in [0.05, 0.1) is 17.9 Å². The summed E-state index contributed by atoms with van der Waals surface area (Å²) in [6.07, 6.45) is -2.87. The van der Waals surface area contributed by atoms with E-state index in [4.69, 9.17) is 4.42 Å². The molecule has 1 N–H and O–H groups in total. The summed E-state index contributed by atoms with van der Waals surface area (Å²) in [7, 11) is 3.69. The van der Waals surface area contributed by atoms with E-state index in [0.29, 0.717) is 5.76 Å². The number of benzene rings is 1. The number of nitrogens with zero attached hydrogens (tertiary/aromatic N) is 1. The first-order valence-electron chi connectivity index (χ1n) is 6.94. The van der Waals surface area contributed by atoms with Crippen LogP contribution in [0.25, 0.3) is 0 Å². The van der Waals surface area contributed by atoms with Crippen molar-refractivity contribution in [3.05, 3.63) is 59.5 Å². The van der Waals surface area contributed by atoms with Crippen LogP contribution < -0.4 is 5.32 Å². The zero-order valence-electron chi connectivity index (χ0n) is 12.7. The highest BCUT2D eigenvalue weighted by Gasteiger charge is 2.30. The van der Waals surface area contributed by atoms with Crippen molar-refractivity contribution in [1.29, 1.82) is 0 Å². The van der Waals surface area contributed by atoms with E-state index in [9.17, 15) is 18.0 Å². The molecule has 124 valence electrons. The van der Waals surface area contributed by atoms with Crippen LogP contribution in [0.4, 0.5) is 13.2 Å². The van der Waals surface area contributed by atoms with E-state index in [1.165, 1.54) is 0 Å². The van der Waals surface area contributed by atoms with E-state index >= 15 is 0 Å². The van der Waals surface area contributed by atoms with Gasteiger partial charge in [-0.25, -0.2) is 0 Å². The summed E-state index contributed by atoms with van der Waals surface area (Å²) < 4.78 is 42.8. The zero-order chi connectivity index (χ0) is 17.0.